The maximum Gasteiger partial charge on any atom is 0.173 e. The summed E-state index contributed by atoms with van der Waals surface area (Å²) in [7, 11) is 0. The van der Waals surface area contributed by atoms with Crippen LogP contribution in [0.3, 0.4) is 0 Å². The number of amidine groups is 1. The zero-order valence-corrected chi connectivity index (χ0v) is 14.8. The average Bonchev–Trinajstić information content (AvgIpc) is 2.96. The molecule has 0 fully saturated rings. The second-order valence-corrected chi connectivity index (χ2v) is 7.29. The Hall–Kier alpha value is -2.26. The van der Waals surface area contributed by atoms with Crippen LogP contribution in [0.1, 0.15) is 22.3 Å². The molecular formula is C21H20N2S. The zero-order valence-electron chi connectivity index (χ0n) is 14.0. The van der Waals surface area contributed by atoms with Gasteiger partial charge in [0.15, 0.2) is 5.17 Å². The predicted octanol–water partition coefficient (Wildman–Crippen LogP) is 5.15. The molecule has 24 heavy (non-hydrogen) atoms. The summed E-state index contributed by atoms with van der Waals surface area (Å²) < 4.78 is 0. The molecule has 0 saturated heterocycles. The van der Waals surface area contributed by atoms with E-state index in [-0.39, 0.29) is 0 Å². The number of aryl methyl sites for hydroxylation is 2. The van der Waals surface area contributed by atoms with Gasteiger partial charge in [-0.1, -0.05) is 59.7 Å². The van der Waals surface area contributed by atoms with Gasteiger partial charge >= 0.3 is 0 Å². The van der Waals surface area contributed by atoms with Gasteiger partial charge in [-0.3, -0.25) is 0 Å². The topological polar surface area (TPSA) is 15.6 Å². The summed E-state index contributed by atoms with van der Waals surface area (Å²) in [6.07, 6.45) is 4.97. The summed E-state index contributed by atoms with van der Waals surface area (Å²) in [5.41, 5.74) is 6.58. The number of aliphatic imine (C=N–C) groups is 1. The number of rotatable bonds is 3. The summed E-state index contributed by atoms with van der Waals surface area (Å²) in [6, 6.07) is 17.7. The molecule has 0 aromatic heterocycles. The van der Waals surface area contributed by atoms with Crippen molar-refractivity contribution < 1.29 is 0 Å². The summed E-state index contributed by atoms with van der Waals surface area (Å²) >= 11 is 1.79. The van der Waals surface area contributed by atoms with Crippen molar-refractivity contribution in [3.63, 3.8) is 0 Å². The van der Waals surface area contributed by atoms with Crippen molar-refractivity contribution in [2.45, 2.75) is 20.3 Å². The number of hydrogen-bond acceptors (Lipinski definition) is 3. The molecule has 2 aliphatic rings. The van der Waals surface area contributed by atoms with E-state index in [9.17, 15) is 0 Å². The Morgan fingerprint density at radius 2 is 1.62 bits per heavy atom. The Morgan fingerprint density at radius 1 is 0.958 bits per heavy atom. The van der Waals surface area contributed by atoms with E-state index < -0.39 is 0 Å². The summed E-state index contributed by atoms with van der Waals surface area (Å²) in [4.78, 5) is 8.25. The first kappa shape index (κ1) is 15.3. The molecule has 2 aromatic rings. The molecule has 0 spiro atoms. The van der Waals surface area contributed by atoms with E-state index >= 15 is 0 Å². The van der Waals surface area contributed by atoms with Gasteiger partial charge in [-0.25, -0.2) is 4.99 Å². The minimum Gasteiger partial charge on any atom is -0.319 e. The molecule has 0 saturated carbocycles. The van der Waals surface area contributed by atoms with Crippen LogP contribution in [0.2, 0.25) is 0 Å². The molecule has 2 nitrogen and oxygen atoms in total. The van der Waals surface area contributed by atoms with Gasteiger partial charge in [0.25, 0.3) is 0 Å². The Balaban J connectivity index is 1.75. The fourth-order valence-electron chi connectivity index (χ4n) is 3.00. The van der Waals surface area contributed by atoms with E-state index in [2.05, 4.69) is 78.3 Å². The highest BCUT2D eigenvalue weighted by molar-refractivity contribution is 8.22. The maximum atomic E-state index is 4.57. The number of fused-ring (bicyclic) bond motifs is 1. The van der Waals surface area contributed by atoms with Crippen molar-refractivity contribution in [1.29, 1.82) is 0 Å². The molecule has 3 heteroatoms. The number of allylic oxidation sites excluding steroid dienone is 1. The van der Waals surface area contributed by atoms with Gasteiger partial charge in [-0.05, 0) is 42.8 Å². The van der Waals surface area contributed by atoms with Gasteiger partial charge in [-0.2, -0.15) is 0 Å². The maximum absolute atomic E-state index is 4.57. The van der Waals surface area contributed by atoms with Crippen LogP contribution in [-0.2, 0) is 6.42 Å². The van der Waals surface area contributed by atoms with E-state index in [1.54, 1.807) is 11.8 Å². The molecule has 120 valence electrons. The van der Waals surface area contributed by atoms with E-state index in [0.29, 0.717) is 0 Å². The molecule has 0 amide bonds. The van der Waals surface area contributed by atoms with Crippen LogP contribution in [0, 0.1) is 13.8 Å². The molecule has 2 heterocycles. The van der Waals surface area contributed by atoms with Crippen LogP contribution < -0.4 is 0 Å². The minimum absolute atomic E-state index is 0.905. The molecule has 0 atom stereocenters. The van der Waals surface area contributed by atoms with Crippen LogP contribution in [-0.4, -0.2) is 16.6 Å². The second kappa shape index (κ2) is 6.33. The summed E-state index contributed by atoms with van der Waals surface area (Å²) in [5.74, 6) is 0. The van der Waals surface area contributed by atoms with Crippen molar-refractivity contribution in [1.82, 2.24) is 4.90 Å². The molecule has 0 N–H and O–H groups in total. The van der Waals surface area contributed by atoms with Crippen molar-refractivity contribution in [3.05, 3.63) is 88.8 Å². The van der Waals surface area contributed by atoms with Gasteiger partial charge < -0.3 is 4.90 Å². The number of nitrogens with zero attached hydrogens (tertiary/aromatic N) is 2. The quantitative estimate of drug-likeness (QED) is 0.773. The molecule has 2 aliphatic heterocycles. The Labute approximate surface area is 147 Å². The minimum atomic E-state index is 0.905. The second-order valence-electron chi connectivity index (χ2n) is 6.31. The number of benzene rings is 2. The highest BCUT2D eigenvalue weighted by atomic mass is 32.2. The molecule has 0 bridgehead atoms. The zero-order chi connectivity index (χ0) is 16.5. The monoisotopic (exact) mass is 332 g/mol. The molecule has 4 rings (SSSR count). The SMILES string of the molecule is Cc1ccc(CC2=C(c3ccc(C)cc3)SC3=NC=CCN32)cc1. The Bertz CT molecular complexity index is 842. The number of thioether (sulfide) groups is 1. The predicted molar refractivity (Wildman–Crippen MR) is 104 cm³/mol. The average molecular weight is 332 g/mol. The Morgan fingerprint density at radius 3 is 2.33 bits per heavy atom. The van der Waals surface area contributed by atoms with Gasteiger partial charge in [-0.15, -0.1) is 0 Å². The summed E-state index contributed by atoms with van der Waals surface area (Å²) in [5, 5.41) is 1.09. The third kappa shape index (κ3) is 2.92. The van der Waals surface area contributed by atoms with Crippen molar-refractivity contribution in [2.75, 3.05) is 6.54 Å². The van der Waals surface area contributed by atoms with Gasteiger partial charge in [0.2, 0.25) is 0 Å². The summed E-state index contributed by atoms with van der Waals surface area (Å²) in [6.45, 7) is 5.17. The third-order valence-corrected chi connectivity index (χ3v) is 5.58. The van der Waals surface area contributed by atoms with Gasteiger partial charge in [0.1, 0.15) is 0 Å². The lowest BCUT2D eigenvalue weighted by Crippen LogP contribution is -2.27. The fourth-order valence-corrected chi connectivity index (χ4v) is 4.15. The van der Waals surface area contributed by atoms with Crippen LogP contribution in [0.25, 0.3) is 4.91 Å². The normalized spacial score (nSPS) is 16.4. The largest absolute Gasteiger partial charge is 0.319 e. The first-order chi connectivity index (χ1) is 11.7. The highest BCUT2D eigenvalue weighted by Crippen LogP contribution is 2.43. The van der Waals surface area contributed by atoms with Crippen LogP contribution in [0.5, 0.6) is 0 Å². The van der Waals surface area contributed by atoms with E-state index in [1.807, 2.05) is 6.20 Å². The van der Waals surface area contributed by atoms with E-state index in [0.717, 1.165) is 18.1 Å². The first-order valence-corrected chi connectivity index (χ1v) is 9.06. The lowest BCUT2D eigenvalue weighted by molar-refractivity contribution is 0.565. The van der Waals surface area contributed by atoms with Crippen molar-refractivity contribution in [3.8, 4) is 0 Å². The van der Waals surface area contributed by atoms with Crippen LogP contribution >= 0.6 is 11.8 Å². The molecule has 0 unspecified atom stereocenters. The first-order valence-electron chi connectivity index (χ1n) is 8.24. The lowest BCUT2D eigenvalue weighted by atomic mass is 10.0. The van der Waals surface area contributed by atoms with Gasteiger partial charge in [0, 0.05) is 29.8 Å². The fraction of sp³-hybridized carbons (Fsp3) is 0.190. The molecular weight excluding hydrogens is 312 g/mol. The molecule has 0 aliphatic carbocycles. The third-order valence-electron chi connectivity index (χ3n) is 4.40. The smallest absolute Gasteiger partial charge is 0.173 e. The standard InChI is InChI=1S/C21H20N2S/c1-15-4-8-17(9-5-15)14-19-20(18-10-6-16(2)7-11-18)24-21-22-12-3-13-23(19)21/h3-12H,13-14H2,1-2H3. The number of hydrogen-bond donors (Lipinski definition) is 0. The lowest BCUT2D eigenvalue weighted by Gasteiger charge is -2.22. The van der Waals surface area contributed by atoms with Crippen molar-refractivity contribution in [2.24, 2.45) is 4.99 Å². The van der Waals surface area contributed by atoms with E-state index in [1.165, 1.54) is 32.9 Å². The molecule has 0 radical (unpaired) electrons. The van der Waals surface area contributed by atoms with Crippen LogP contribution in [0.15, 0.2) is 71.5 Å². The molecule has 2 aromatic carbocycles. The van der Waals surface area contributed by atoms with Crippen LogP contribution in [0.4, 0.5) is 0 Å². The Kier molecular flexibility index (Phi) is 4.03. The van der Waals surface area contributed by atoms with Crippen molar-refractivity contribution >= 4 is 21.8 Å². The highest BCUT2D eigenvalue weighted by Gasteiger charge is 2.30. The van der Waals surface area contributed by atoms with Gasteiger partial charge in [0.05, 0.1) is 0 Å². The van der Waals surface area contributed by atoms with E-state index in [4.69, 9.17) is 0 Å².